The van der Waals surface area contributed by atoms with E-state index in [1.807, 2.05) is 6.92 Å². The molecule has 0 saturated heterocycles. The summed E-state index contributed by atoms with van der Waals surface area (Å²) >= 11 is 0. The van der Waals surface area contributed by atoms with Crippen LogP contribution < -0.4 is 0 Å². The second kappa shape index (κ2) is 8.15. The molecular weight excluding hydrogens is 388 g/mol. The zero-order valence-corrected chi connectivity index (χ0v) is 20.5. The topological polar surface area (TPSA) is 63.6 Å². The van der Waals surface area contributed by atoms with E-state index in [0.29, 0.717) is 35.4 Å². The van der Waals surface area contributed by atoms with Gasteiger partial charge >= 0.3 is 5.97 Å². The van der Waals surface area contributed by atoms with Gasteiger partial charge < -0.3 is 9.84 Å². The highest BCUT2D eigenvalue weighted by atomic mass is 16.5. The first kappa shape index (κ1) is 23.3. The monoisotopic (exact) mass is 432 g/mol. The van der Waals surface area contributed by atoms with Crippen LogP contribution in [0.1, 0.15) is 86.0 Å². The van der Waals surface area contributed by atoms with E-state index in [2.05, 4.69) is 27.7 Å². The Hall–Kier alpha value is -0.900. The molecule has 0 spiro atoms. The predicted molar refractivity (Wildman–Crippen MR) is 121 cm³/mol. The van der Waals surface area contributed by atoms with Crippen LogP contribution in [0.4, 0.5) is 0 Å². The molecular formula is C27H44O4. The molecule has 0 radical (unpaired) electrons. The third-order valence-electron chi connectivity index (χ3n) is 11.0. The number of esters is 1. The highest BCUT2D eigenvalue weighted by Crippen LogP contribution is 2.68. The molecule has 0 amide bonds. The van der Waals surface area contributed by atoms with Gasteiger partial charge in [0.1, 0.15) is 5.78 Å². The van der Waals surface area contributed by atoms with Gasteiger partial charge in [0, 0.05) is 11.8 Å². The quantitative estimate of drug-likeness (QED) is 0.615. The number of ether oxygens (including phenoxy) is 1. The minimum absolute atomic E-state index is 0.0661. The Morgan fingerprint density at radius 1 is 1.06 bits per heavy atom. The van der Waals surface area contributed by atoms with Gasteiger partial charge in [0.05, 0.1) is 19.1 Å². The Bertz CT molecular complexity index is 718. The molecule has 1 N–H and O–H groups in total. The second-order valence-electron chi connectivity index (χ2n) is 12.3. The van der Waals surface area contributed by atoms with Crippen LogP contribution in [0.15, 0.2) is 0 Å². The van der Waals surface area contributed by atoms with E-state index in [1.54, 1.807) is 0 Å². The first-order valence-electron chi connectivity index (χ1n) is 12.8. The smallest absolute Gasteiger partial charge is 0.308 e. The number of hydrogen-bond donors (Lipinski definition) is 1. The predicted octanol–water partition coefficient (Wildman–Crippen LogP) is 5.27. The summed E-state index contributed by atoms with van der Waals surface area (Å²) in [5, 5.41) is 10.3. The van der Waals surface area contributed by atoms with Crippen molar-refractivity contribution in [2.45, 2.75) is 92.1 Å². The van der Waals surface area contributed by atoms with Crippen LogP contribution in [0.2, 0.25) is 0 Å². The highest BCUT2D eigenvalue weighted by Gasteiger charge is 2.64. The fraction of sp³-hybridized carbons (Fsp3) is 0.926. The Balaban J connectivity index is 1.58. The maximum absolute atomic E-state index is 13.8. The number of carbonyl (C=O) groups is 2. The van der Waals surface area contributed by atoms with Crippen LogP contribution in [0.25, 0.3) is 0 Å². The van der Waals surface area contributed by atoms with Gasteiger partial charge in [-0.1, -0.05) is 34.6 Å². The standard InChI is InChI=1S/C27H44O4/c1-15(13-16(2)25(30)31-6)19-7-8-20-23-21(10-12-26(19,20)4)27(5)11-9-18(28)14-22(27)17(3)24(23)29/h15-23,28H,7-14H2,1-6H3/t15-,16?,17-,18-,19-,20+,21+,22+,23+,26-,27-/m1/s1. The summed E-state index contributed by atoms with van der Waals surface area (Å²) in [6.45, 7) is 11.4. The zero-order chi connectivity index (χ0) is 22.7. The average molecular weight is 433 g/mol. The van der Waals surface area contributed by atoms with E-state index < -0.39 is 0 Å². The molecule has 4 aliphatic rings. The fourth-order valence-corrected chi connectivity index (χ4v) is 9.35. The number of fused-ring (bicyclic) bond motifs is 5. The summed E-state index contributed by atoms with van der Waals surface area (Å²) in [5.74, 6) is 2.92. The normalized spacial score (nSPS) is 48.9. The van der Waals surface area contributed by atoms with E-state index in [-0.39, 0.29) is 40.7 Å². The highest BCUT2D eigenvalue weighted by molar-refractivity contribution is 5.85. The maximum atomic E-state index is 13.8. The number of rotatable bonds is 4. The summed E-state index contributed by atoms with van der Waals surface area (Å²) < 4.78 is 4.97. The lowest BCUT2D eigenvalue weighted by atomic mass is 9.42. The molecule has 176 valence electrons. The molecule has 31 heavy (non-hydrogen) atoms. The third kappa shape index (κ3) is 3.50. The van der Waals surface area contributed by atoms with Crippen molar-refractivity contribution in [3.05, 3.63) is 0 Å². The molecule has 11 atom stereocenters. The lowest BCUT2D eigenvalue weighted by molar-refractivity contribution is -0.171. The van der Waals surface area contributed by atoms with Crippen LogP contribution in [0.5, 0.6) is 0 Å². The van der Waals surface area contributed by atoms with Crippen molar-refractivity contribution in [2.75, 3.05) is 7.11 Å². The Morgan fingerprint density at radius 3 is 2.39 bits per heavy atom. The first-order valence-corrected chi connectivity index (χ1v) is 12.8. The van der Waals surface area contributed by atoms with Gasteiger partial charge in [0.25, 0.3) is 0 Å². The van der Waals surface area contributed by atoms with Crippen molar-refractivity contribution in [2.24, 2.45) is 58.2 Å². The van der Waals surface area contributed by atoms with Gasteiger partial charge in [0.2, 0.25) is 0 Å². The Kier molecular flexibility index (Phi) is 6.12. The summed E-state index contributed by atoms with van der Waals surface area (Å²) in [4.78, 5) is 25.8. The lowest BCUT2D eigenvalue weighted by Crippen LogP contribution is -2.60. The number of carbonyl (C=O) groups excluding carboxylic acids is 2. The molecule has 0 aromatic rings. The minimum atomic E-state index is -0.229. The van der Waals surface area contributed by atoms with Crippen molar-refractivity contribution in [3.8, 4) is 0 Å². The molecule has 0 aromatic heterocycles. The average Bonchev–Trinajstić information content (AvgIpc) is 3.09. The van der Waals surface area contributed by atoms with Gasteiger partial charge in [-0.15, -0.1) is 0 Å². The van der Waals surface area contributed by atoms with Crippen molar-refractivity contribution < 1.29 is 19.4 Å². The molecule has 4 nitrogen and oxygen atoms in total. The van der Waals surface area contributed by atoms with Crippen molar-refractivity contribution in [3.63, 3.8) is 0 Å². The van der Waals surface area contributed by atoms with Gasteiger partial charge in [-0.25, -0.2) is 0 Å². The van der Waals surface area contributed by atoms with Gasteiger partial charge in [-0.3, -0.25) is 9.59 Å². The van der Waals surface area contributed by atoms with Crippen molar-refractivity contribution in [1.29, 1.82) is 0 Å². The zero-order valence-electron chi connectivity index (χ0n) is 20.5. The van der Waals surface area contributed by atoms with E-state index >= 15 is 0 Å². The summed E-state index contributed by atoms with van der Waals surface area (Å²) in [5.41, 5.74) is 0.394. The summed E-state index contributed by atoms with van der Waals surface area (Å²) in [6, 6.07) is 0. The SMILES string of the molecule is COC(=O)C(C)C[C@@H](C)[C@H]1CC[C@H]2[C@@H]3C(=O)[C@H](C)[C@@H]4C[C@H](O)CC[C@]4(C)[C@H]3CC[C@]12C. The van der Waals surface area contributed by atoms with Crippen molar-refractivity contribution in [1.82, 2.24) is 0 Å². The van der Waals surface area contributed by atoms with Crippen LogP contribution >= 0.6 is 0 Å². The van der Waals surface area contributed by atoms with Crippen LogP contribution in [0, 0.1) is 58.2 Å². The second-order valence-corrected chi connectivity index (χ2v) is 12.3. The van der Waals surface area contributed by atoms with Gasteiger partial charge in [-0.05, 0) is 91.8 Å². The van der Waals surface area contributed by atoms with Crippen molar-refractivity contribution >= 4 is 11.8 Å². The molecule has 4 fully saturated rings. The van der Waals surface area contributed by atoms with Gasteiger partial charge in [-0.2, -0.15) is 0 Å². The molecule has 0 aromatic carbocycles. The molecule has 0 aliphatic heterocycles. The lowest BCUT2D eigenvalue weighted by Gasteiger charge is -2.62. The van der Waals surface area contributed by atoms with E-state index in [4.69, 9.17) is 4.74 Å². The van der Waals surface area contributed by atoms with Crippen LogP contribution in [-0.4, -0.2) is 30.1 Å². The molecule has 4 aliphatic carbocycles. The van der Waals surface area contributed by atoms with E-state index in [0.717, 1.165) is 38.5 Å². The number of methoxy groups -OCH3 is 1. The molecule has 4 rings (SSSR count). The van der Waals surface area contributed by atoms with Crippen LogP contribution in [-0.2, 0) is 14.3 Å². The fourth-order valence-electron chi connectivity index (χ4n) is 9.35. The Labute approximate surface area is 188 Å². The largest absolute Gasteiger partial charge is 0.469 e. The molecule has 1 unspecified atom stereocenters. The Morgan fingerprint density at radius 2 is 1.71 bits per heavy atom. The summed E-state index contributed by atoms with van der Waals surface area (Å²) in [6.07, 6.45) is 8.09. The first-order chi connectivity index (χ1) is 14.5. The number of ketones is 1. The van der Waals surface area contributed by atoms with E-state index in [9.17, 15) is 14.7 Å². The van der Waals surface area contributed by atoms with Crippen LogP contribution in [0.3, 0.4) is 0 Å². The van der Waals surface area contributed by atoms with Gasteiger partial charge in [0.15, 0.2) is 0 Å². The molecule has 0 bridgehead atoms. The minimum Gasteiger partial charge on any atom is -0.469 e. The number of aliphatic hydroxyl groups excluding tert-OH is 1. The molecule has 0 heterocycles. The molecule has 4 heteroatoms. The third-order valence-corrected chi connectivity index (χ3v) is 11.0. The molecule has 4 saturated carbocycles. The number of aliphatic hydroxyl groups is 1. The summed E-state index contributed by atoms with van der Waals surface area (Å²) in [7, 11) is 1.48. The number of Topliss-reactive ketones (excluding diaryl/α,β-unsaturated/α-hetero) is 1. The van der Waals surface area contributed by atoms with E-state index in [1.165, 1.54) is 20.0 Å². The number of hydrogen-bond acceptors (Lipinski definition) is 4. The maximum Gasteiger partial charge on any atom is 0.308 e.